The molecule has 0 saturated heterocycles. The Balaban J connectivity index is 1.55. The summed E-state index contributed by atoms with van der Waals surface area (Å²) in [6, 6.07) is 27.8. The van der Waals surface area contributed by atoms with E-state index in [1.54, 1.807) is 0 Å². The number of rotatable bonds is 9. The Labute approximate surface area is 273 Å². The van der Waals surface area contributed by atoms with Crippen molar-refractivity contribution in [3.8, 4) is 22.3 Å². The molecule has 6 rings (SSSR count). The average Bonchev–Trinajstić information content (AvgIpc) is 3.57. The van der Waals surface area contributed by atoms with Crippen LogP contribution < -0.4 is 13.6 Å². The van der Waals surface area contributed by atoms with E-state index in [1.807, 2.05) is 0 Å². The van der Waals surface area contributed by atoms with Crippen LogP contribution in [0.15, 0.2) is 78.4 Å². The molecular formula is C39H44Cl2SiZr. The van der Waals surface area contributed by atoms with Crippen LogP contribution >= 0.6 is 17.0 Å². The van der Waals surface area contributed by atoms with E-state index in [4.69, 9.17) is 17.0 Å². The summed E-state index contributed by atoms with van der Waals surface area (Å²) in [7, 11) is 15.3. The molecular weight excluding hydrogens is 659 g/mol. The Morgan fingerprint density at radius 1 is 0.814 bits per heavy atom. The third kappa shape index (κ3) is 5.65. The van der Waals surface area contributed by atoms with E-state index in [0.717, 1.165) is 25.7 Å². The third-order valence-electron chi connectivity index (χ3n) is 9.75. The van der Waals surface area contributed by atoms with Crippen LogP contribution in [-0.4, -0.2) is 9.52 Å². The van der Waals surface area contributed by atoms with E-state index < -0.39 is 27.4 Å². The van der Waals surface area contributed by atoms with Gasteiger partial charge in [-0.2, -0.15) is 0 Å². The molecule has 0 radical (unpaired) electrons. The second-order valence-corrected chi connectivity index (χ2v) is 29.0. The molecule has 0 aromatic heterocycles. The van der Waals surface area contributed by atoms with Gasteiger partial charge in [-0.1, -0.05) is 0 Å². The molecule has 1 aliphatic carbocycles. The maximum absolute atomic E-state index is 7.96. The zero-order chi connectivity index (χ0) is 30.5. The first-order valence-corrected chi connectivity index (χ1v) is 26.6. The van der Waals surface area contributed by atoms with Crippen molar-refractivity contribution in [3.05, 3.63) is 106 Å². The van der Waals surface area contributed by atoms with E-state index in [1.165, 1.54) is 69.3 Å². The molecule has 0 N–H and O–H groups in total. The van der Waals surface area contributed by atoms with Gasteiger partial charge in [0.25, 0.3) is 0 Å². The third-order valence-corrected chi connectivity index (χ3v) is 24.1. The summed E-state index contributed by atoms with van der Waals surface area (Å²) in [5.41, 5.74) is 14.0. The van der Waals surface area contributed by atoms with E-state index in [0.29, 0.717) is 11.8 Å². The number of hydrogen-bond acceptors (Lipinski definition) is 0. The minimum atomic E-state index is -4.00. The van der Waals surface area contributed by atoms with Gasteiger partial charge < -0.3 is 0 Å². The molecule has 0 bridgehead atoms. The van der Waals surface area contributed by atoms with Gasteiger partial charge in [-0.25, -0.2) is 0 Å². The van der Waals surface area contributed by atoms with Gasteiger partial charge in [0.05, 0.1) is 0 Å². The van der Waals surface area contributed by atoms with E-state index in [9.17, 15) is 0 Å². The van der Waals surface area contributed by atoms with Crippen LogP contribution in [0.5, 0.6) is 0 Å². The summed E-state index contributed by atoms with van der Waals surface area (Å²) in [5, 5.41) is 3.03. The van der Waals surface area contributed by atoms with Crippen molar-refractivity contribution >= 4 is 46.3 Å². The zero-order valence-electron chi connectivity index (χ0n) is 26.5. The van der Waals surface area contributed by atoms with Crippen molar-refractivity contribution in [1.82, 2.24) is 0 Å². The molecule has 0 saturated carbocycles. The minimum absolute atomic E-state index is 0.130. The van der Waals surface area contributed by atoms with Crippen molar-refractivity contribution in [2.45, 2.75) is 82.7 Å². The maximum atomic E-state index is 7.96. The van der Waals surface area contributed by atoms with E-state index in [2.05, 4.69) is 120 Å². The molecule has 1 atom stereocenters. The van der Waals surface area contributed by atoms with Crippen LogP contribution in [0.1, 0.15) is 104 Å². The average molecular weight is 703 g/mol. The van der Waals surface area contributed by atoms with Gasteiger partial charge in [0.2, 0.25) is 0 Å². The van der Waals surface area contributed by atoms with Gasteiger partial charge in [0.15, 0.2) is 0 Å². The fourth-order valence-corrected chi connectivity index (χ4v) is 24.2. The normalized spacial score (nSPS) is 16.1. The van der Waals surface area contributed by atoms with Gasteiger partial charge in [0, 0.05) is 0 Å². The van der Waals surface area contributed by atoms with Crippen molar-refractivity contribution in [1.29, 1.82) is 0 Å². The first-order valence-electron chi connectivity index (χ1n) is 16.3. The quantitative estimate of drug-likeness (QED) is 0.134. The van der Waals surface area contributed by atoms with Crippen molar-refractivity contribution in [2.75, 3.05) is 0 Å². The van der Waals surface area contributed by atoms with E-state index in [-0.39, 0.29) is 3.63 Å². The summed E-state index contributed by atoms with van der Waals surface area (Å²) in [6.45, 7) is 13.8. The molecule has 2 aliphatic rings. The molecule has 1 unspecified atom stereocenters. The number of aryl methyl sites for hydroxylation is 1. The molecule has 0 nitrogen and oxygen atoms in total. The van der Waals surface area contributed by atoms with E-state index >= 15 is 0 Å². The second kappa shape index (κ2) is 12.6. The van der Waals surface area contributed by atoms with Crippen LogP contribution in [0.4, 0.5) is 0 Å². The summed E-state index contributed by atoms with van der Waals surface area (Å²) >= 11 is -4.00. The zero-order valence-corrected chi connectivity index (χ0v) is 31.9. The number of hydrogen-bond donors (Lipinski definition) is 0. The fraction of sp³-hybridized carbons (Fsp3) is 0.333. The molecule has 222 valence electrons. The summed E-state index contributed by atoms with van der Waals surface area (Å²) in [6.07, 6.45) is 6.91. The Hall–Kier alpha value is -1.70. The summed E-state index contributed by atoms with van der Waals surface area (Å²) < 4.78 is 1.45. The van der Waals surface area contributed by atoms with Gasteiger partial charge >= 0.3 is 275 Å². The molecule has 4 heteroatoms. The van der Waals surface area contributed by atoms with Crippen molar-refractivity contribution in [3.63, 3.8) is 0 Å². The molecule has 0 spiro atoms. The van der Waals surface area contributed by atoms with Gasteiger partial charge in [-0.05, 0) is 0 Å². The number of allylic oxidation sites excluding steroid dienone is 1. The van der Waals surface area contributed by atoms with Crippen molar-refractivity contribution < 1.29 is 17.9 Å². The van der Waals surface area contributed by atoms with Crippen molar-refractivity contribution in [2.24, 2.45) is 0 Å². The van der Waals surface area contributed by atoms with Gasteiger partial charge in [0.1, 0.15) is 0 Å². The number of unbranched alkanes of at least 4 members (excludes halogenated alkanes) is 1. The molecule has 1 heterocycles. The Morgan fingerprint density at radius 2 is 1.51 bits per heavy atom. The van der Waals surface area contributed by atoms with Gasteiger partial charge in [-0.3, -0.25) is 0 Å². The first-order chi connectivity index (χ1) is 20.6. The monoisotopic (exact) mass is 700 g/mol. The van der Waals surface area contributed by atoms with Gasteiger partial charge in [-0.15, -0.1) is 0 Å². The molecule has 4 aromatic rings. The Kier molecular flexibility index (Phi) is 9.16. The number of fused-ring (bicyclic) bond motifs is 4. The first kappa shape index (κ1) is 31.3. The topological polar surface area (TPSA) is 0 Å². The van der Waals surface area contributed by atoms with Crippen LogP contribution in [0.3, 0.4) is 0 Å². The van der Waals surface area contributed by atoms with Crippen LogP contribution in [0.2, 0.25) is 0 Å². The van der Waals surface area contributed by atoms with Crippen LogP contribution in [-0.2, 0) is 24.3 Å². The van der Waals surface area contributed by atoms with Crippen LogP contribution in [0.25, 0.3) is 28.3 Å². The van der Waals surface area contributed by atoms with Crippen LogP contribution in [0, 0.1) is 0 Å². The molecule has 0 fully saturated rings. The summed E-state index contributed by atoms with van der Waals surface area (Å²) in [4.78, 5) is 0. The predicted octanol–water partition coefficient (Wildman–Crippen LogP) is 9.68. The number of benzene rings is 4. The fourth-order valence-electron chi connectivity index (χ4n) is 7.33. The molecule has 43 heavy (non-hydrogen) atoms. The number of halogens is 2. The second-order valence-electron chi connectivity index (χ2n) is 13.2. The SMILES string of the molecule is CCCCC1=Cc2c(ccc(CC)c2-c2cc(C(C)C)cc(C(C)C)c2)[CH]1[Zr]([Cl])([Cl])[c]1cccc2c1[SiH2]c1ccccc1-2. The Bertz CT molecular complexity index is 1690. The predicted molar refractivity (Wildman–Crippen MR) is 191 cm³/mol. The molecule has 0 amide bonds. The standard InChI is InChI=1S/C27H35.C12H9Si.2ClH.Zr/c1-7-9-10-20-13-22-12-11-21(8-2)27(26(22)14-20)25-16-23(18(3)4)15-24(17-25)19(5)6;1-3-7-11-9(5-1)10-6-2-4-8-12(10)13-11;;;/h11-19H,7-10H2,1-6H3;1-7H,13H2;2*1H;/q;;;;+2/p-2. The summed E-state index contributed by atoms with van der Waals surface area (Å²) in [5.74, 6) is 0.955. The molecule has 1 aliphatic heterocycles. The molecule has 4 aromatic carbocycles. The Morgan fingerprint density at radius 3 is 2.19 bits per heavy atom.